The highest BCUT2D eigenvalue weighted by molar-refractivity contribution is 7.99. The highest BCUT2D eigenvalue weighted by Crippen LogP contribution is 2.31. The third kappa shape index (κ3) is 3.37. The summed E-state index contributed by atoms with van der Waals surface area (Å²) in [5.41, 5.74) is 2.08. The van der Waals surface area contributed by atoms with Crippen molar-refractivity contribution >= 4 is 52.2 Å². The molecule has 0 atom stereocenters. The fraction of sp³-hybridized carbons (Fsp3) is 0.176. The topological polar surface area (TPSA) is 69.4 Å². The van der Waals surface area contributed by atoms with E-state index in [1.54, 1.807) is 34.3 Å². The Morgan fingerprint density at radius 3 is 3.00 bits per heavy atom. The van der Waals surface area contributed by atoms with Crippen molar-refractivity contribution in [2.24, 2.45) is 5.10 Å². The fourth-order valence-corrected chi connectivity index (χ4v) is 4.55. The predicted molar refractivity (Wildman–Crippen MR) is 106 cm³/mol. The van der Waals surface area contributed by atoms with Crippen LogP contribution in [0.3, 0.4) is 0 Å². The summed E-state index contributed by atoms with van der Waals surface area (Å²) in [6.07, 6.45) is 1.83. The molecule has 3 aromatic heterocycles. The van der Waals surface area contributed by atoms with Gasteiger partial charge in [0.05, 0.1) is 22.8 Å². The van der Waals surface area contributed by atoms with Gasteiger partial charge in [-0.25, -0.2) is 4.79 Å². The molecule has 0 radical (unpaired) electrons. The van der Waals surface area contributed by atoms with Crippen LogP contribution in [0, 0.1) is 0 Å². The van der Waals surface area contributed by atoms with E-state index in [0.717, 1.165) is 15.6 Å². The summed E-state index contributed by atoms with van der Waals surface area (Å²) in [6.45, 7) is 2.11. The fourth-order valence-electron chi connectivity index (χ4n) is 2.41. The Morgan fingerprint density at radius 1 is 1.35 bits per heavy atom. The van der Waals surface area contributed by atoms with E-state index < -0.39 is 0 Å². The van der Waals surface area contributed by atoms with Gasteiger partial charge >= 0.3 is 5.97 Å². The average Bonchev–Trinajstić information content (AvgIpc) is 3.39. The Morgan fingerprint density at radius 2 is 2.27 bits per heavy atom. The van der Waals surface area contributed by atoms with Gasteiger partial charge in [0.15, 0.2) is 5.82 Å². The van der Waals surface area contributed by atoms with E-state index in [-0.39, 0.29) is 5.97 Å². The van der Waals surface area contributed by atoms with E-state index in [1.807, 2.05) is 40.4 Å². The zero-order valence-corrected chi connectivity index (χ0v) is 16.2. The molecule has 0 amide bonds. The first-order chi connectivity index (χ1) is 12.8. The van der Waals surface area contributed by atoms with Gasteiger partial charge in [0, 0.05) is 5.75 Å². The number of carbonyl (C=O) groups is 1. The molecule has 0 saturated carbocycles. The smallest absolute Gasteiger partial charge is 0.340 e. The van der Waals surface area contributed by atoms with Crippen molar-refractivity contribution in [1.82, 2.24) is 14.9 Å². The van der Waals surface area contributed by atoms with Gasteiger partial charge in [0.1, 0.15) is 0 Å². The maximum absolute atomic E-state index is 12.5. The molecule has 1 aliphatic rings. The van der Waals surface area contributed by atoms with Crippen LogP contribution < -0.4 is 0 Å². The number of carbonyl (C=O) groups excluding carboxylic acids is 1. The number of fused-ring (bicyclic) bond motifs is 1. The molecule has 0 N–H and O–H groups in total. The molecule has 0 spiro atoms. The molecule has 6 nitrogen and oxygen atoms in total. The van der Waals surface area contributed by atoms with Crippen molar-refractivity contribution in [2.75, 3.05) is 12.4 Å². The number of hydrogen-bond acceptors (Lipinski definition) is 8. The first-order valence-electron chi connectivity index (χ1n) is 7.87. The molecular weight excluding hydrogens is 388 g/mol. The van der Waals surface area contributed by atoms with Crippen molar-refractivity contribution < 1.29 is 9.53 Å². The third-order valence-electron chi connectivity index (χ3n) is 3.57. The third-order valence-corrected chi connectivity index (χ3v) is 6.07. The normalized spacial score (nSPS) is 14.0. The van der Waals surface area contributed by atoms with Crippen LogP contribution in [0.2, 0.25) is 0 Å². The van der Waals surface area contributed by atoms with Crippen LogP contribution in [-0.2, 0) is 9.53 Å². The standard InChI is InChI=1S/C17H14N4O2S3/c1-2-23-16(22)12(8-11-5-7-24-9-11)13-10-26-17-19-18-15(21(17)20-13)14-4-3-6-25-14/h3-9H,2,10H2,1H3/b12-8-. The Kier molecular flexibility index (Phi) is 5.00. The van der Waals surface area contributed by atoms with Crippen LogP contribution in [0.1, 0.15) is 12.5 Å². The van der Waals surface area contributed by atoms with Gasteiger partial charge in [-0.05, 0) is 46.8 Å². The van der Waals surface area contributed by atoms with Gasteiger partial charge in [-0.15, -0.1) is 21.5 Å². The number of esters is 1. The zero-order valence-electron chi connectivity index (χ0n) is 13.8. The van der Waals surface area contributed by atoms with E-state index in [1.165, 1.54) is 11.8 Å². The van der Waals surface area contributed by atoms with Gasteiger partial charge in [0.25, 0.3) is 0 Å². The van der Waals surface area contributed by atoms with E-state index in [9.17, 15) is 4.79 Å². The number of thioether (sulfide) groups is 1. The molecule has 4 rings (SSSR count). The second-order valence-electron chi connectivity index (χ2n) is 5.27. The quantitative estimate of drug-likeness (QED) is 0.476. The van der Waals surface area contributed by atoms with E-state index in [4.69, 9.17) is 4.74 Å². The second kappa shape index (κ2) is 7.56. The second-order valence-corrected chi connectivity index (χ2v) is 7.94. The maximum atomic E-state index is 12.5. The van der Waals surface area contributed by atoms with Gasteiger partial charge in [-0.3, -0.25) is 0 Å². The van der Waals surface area contributed by atoms with E-state index in [0.29, 0.717) is 29.5 Å². The van der Waals surface area contributed by atoms with Gasteiger partial charge < -0.3 is 4.74 Å². The van der Waals surface area contributed by atoms with Crippen molar-refractivity contribution in [3.63, 3.8) is 0 Å². The molecule has 1 aliphatic heterocycles. The van der Waals surface area contributed by atoms with Crippen molar-refractivity contribution in [2.45, 2.75) is 12.1 Å². The number of nitrogens with zero attached hydrogens (tertiary/aromatic N) is 4. The van der Waals surface area contributed by atoms with E-state index in [2.05, 4.69) is 15.3 Å². The van der Waals surface area contributed by atoms with Gasteiger partial charge in [-0.2, -0.15) is 21.1 Å². The van der Waals surface area contributed by atoms with Crippen LogP contribution in [-0.4, -0.2) is 38.9 Å². The first-order valence-corrected chi connectivity index (χ1v) is 10.7. The summed E-state index contributed by atoms with van der Waals surface area (Å²) in [5.74, 6) is 0.850. The van der Waals surface area contributed by atoms with Crippen LogP contribution in [0.4, 0.5) is 0 Å². The minimum Gasteiger partial charge on any atom is -0.462 e. The summed E-state index contributed by atoms with van der Waals surface area (Å²) in [4.78, 5) is 13.5. The Hall–Kier alpha value is -2.23. The highest BCUT2D eigenvalue weighted by atomic mass is 32.2. The Balaban J connectivity index is 1.77. The number of ether oxygens (including phenoxy) is 1. The van der Waals surface area contributed by atoms with Gasteiger partial charge in [-0.1, -0.05) is 17.8 Å². The molecule has 3 aromatic rings. The SMILES string of the molecule is CCOC(=O)/C(=C\c1ccsc1)C1=Nn2c(nnc2-c2cccs2)SC1. The molecule has 9 heteroatoms. The molecule has 26 heavy (non-hydrogen) atoms. The Bertz CT molecular complexity index is 972. The van der Waals surface area contributed by atoms with Crippen LogP contribution >= 0.6 is 34.4 Å². The molecular formula is C17H14N4O2S3. The first kappa shape index (κ1) is 17.2. The summed E-state index contributed by atoms with van der Waals surface area (Å²) in [6, 6.07) is 5.90. The van der Waals surface area contributed by atoms with Crippen LogP contribution in [0.5, 0.6) is 0 Å². The molecule has 4 heterocycles. The summed E-state index contributed by atoms with van der Waals surface area (Å²) < 4.78 is 6.95. The summed E-state index contributed by atoms with van der Waals surface area (Å²) >= 11 is 4.66. The monoisotopic (exact) mass is 402 g/mol. The van der Waals surface area contributed by atoms with Crippen LogP contribution in [0.25, 0.3) is 16.8 Å². The molecule has 132 valence electrons. The van der Waals surface area contributed by atoms with Crippen molar-refractivity contribution in [3.8, 4) is 10.7 Å². The number of rotatable bonds is 5. The Labute approximate surface area is 162 Å². The van der Waals surface area contributed by atoms with E-state index >= 15 is 0 Å². The lowest BCUT2D eigenvalue weighted by Gasteiger charge is -2.15. The number of thiophene rings is 2. The predicted octanol–water partition coefficient (Wildman–Crippen LogP) is 4.02. The lowest BCUT2D eigenvalue weighted by molar-refractivity contribution is -0.137. The number of aromatic nitrogens is 3. The lowest BCUT2D eigenvalue weighted by Crippen LogP contribution is -2.21. The minimum absolute atomic E-state index is 0.318. The lowest BCUT2D eigenvalue weighted by atomic mass is 10.1. The summed E-state index contributed by atoms with van der Waals surface area (Å²) in [7, 11) is 0. The molecule has 0 bridgehead atoms. The number of hydrogen-bond donors (Lipinski definition) is 0. The average molecular weight is 403 g/mol. The largest absolute Gasteiger partial charge is 0.462 e. The molecule has 0 aromatic carbocycles. The van der Waals surface area contributed by atoms with Gasteiger partial charge in [0.2, 0.25) is 5.16 Å². The minimum atomic E-state index is -0.368. The molecule has 0 saturated heterocycles. The van der Waals surface area contributed by atoms with Crippen LogP contribution in [0.15, 0.2) is 50.2 Å². The molecule has 0 fully saturated rings. The maximum Gasteiger partial charge on any atom is 0.340 e. The zero-order chi connectivity index (χ0) is 17.9. The van der Waals surface area contributed by atoms with Crippen molar-refractivity contribution in [3.05, 3.63) is 45.5 Å². The summed E-state index contributed by atoms with van der Waals surface area (Å²) in [5, 5.41) is 19.8. The van der Waals surface area contributed by atoms with Crippen molar-refractivity contribution in [1.29, 1.82) is 0 Å². The highest BCUT2D eigenvalue weighted by Gasteiger charge is 2.25. The molecule has 0 aliphatic carbocycles. The molecule has 0 unspecified atom stereocenters.